The van der Waals surface area contributed by atoms with Gasteiger partial charge in [-0.15, -0.1) is 6.58 Å². The van der Waals surface area contributed by atoms with Crippen LogP contribution in [0, 0.1) is 5.92 Å². The number of amides is 1. The monoisotopic (exact) mass is 449 g/mol. The Morgan fingerprint density at radius 3 is 2.74 bits per heavy atom. The van der Waals surface area contributed by atoms with E-state index in [4.69, 9.17) is 11.6 Å². The van der Waals surface area contributed by atoms with Gasteiger partial charge in [-0.1, -0.05) is 23.7 Å². The van der Waals surface area contributed by atoms with Gasteiger partial charge in [-0.2, -0.15) is 13.2 Å². The number of halogens is 4. The maximum Gasteiger partial charge on any atom is 0.416 e. The van der Waals surface area contributed by atoms with Gasteiger partial charge >= 0.3 is 6.18 Å². The first-order valence-electron chi connectivity index (χ1n) is 10.1. The number of carbonyl (C=O) groups excluding carboxylic acids is 1. The van der Waals surface area contributed by atoms with Crippen molar-refractivity contribution in [3.05, 3.63) is 71.3 Å². The van der Waals surface area contributed by atoms with Crippen LogP contribution >= 0.6 is 11.6 Å². The Morgan fingerprint density at radius 2 is 2.03 bits per heavy atom. The molecule has 1 fully saturated rings. The Morgan fingerprint density at radius 1 is 1.23 bits per heavy atom. The maximum absolute atomic E-state index is 13.3. The summed E-state index contributed by atoms with van der Waals surface area (Å²) < 4.78 is 39.8. The zero-order valence-corrected chi connectivity index (χ0v) is 17.6. The van der Waals surface area contributed by atoms with Crippen LogP contribution in [0.15, 0.2) is 55.1 Å². The third-order valence-corrected chi connectivity index (χ3v) is 6.20. The molecule has 0 bridgehead atoms. The molecule has 2 aliphatic rings. The molecule has 2 aromatic carbocycles. The Hall–Kier alpha value is -2.67. The number of carbonyl (C=O) groups is 1. The van der Waals surface area contributed by atoms with Crippen molar-refractivity contribution in [3.8, 4) is 0 Å². The lowest BCUT2D eigenvalue weighted by atomic mass is 9.82. The molecule has 0 radical (unpaired) electrons. The molecule has 2 aliphatic heterocycles. The van der Waals surface area contributed by atoms with E-state index in [0.29, 0.717) is 36.8 Å². The fraction of sp³-hybridized carbons (Fsp3) is 0.348. The van der Waals surface area contributed by atoms with Crippen molar-refractivity contribution in [1.82, 2.24) is 5.32 Å². The Labute approximate surface area is 184 Å². The number of alkyl halides is 3. The smallest absolute Gasteiger partial charge is 0.368 e. The summed E-state index contributed by atoms with van der Waals surface area (Å²) in [6.07, 6.45) is -2.57. The highest BCUT2D eigenvalue weighted by Crippen LogP contribution is 2.40. The zero-order valence-electron chi connectivity index (χ0n) is 16.8. The van der Waals surface area contributed by atoms with Gasteiger partial charge in [-0.3, -0.25) is 4.79 Å². The van der Waals surface area contributed by atoms with Crippen molar-refractivity contribution in [1.29, 1.82) is 0 Å². The molecule has 8 heteroatoms. The van der Waals surface area contributed by atoms with Gasteiger partial charge in [0.05, 0.1) is 17.5 Å². The van der Waals surface area contributed by atoms with E-state index in [1.807, 2.05) is 24.3 Å². The molecule has 2 heterocycles. The first kappa shape index (κ1) is 21.6. The standard InChI is InChI=1S/C23H23ClF3N3O/c1-2-8-28-22(31)19-12-15-11-16(23(25,26)27)6-7-20(15)30-10-9-29(14-21(19)30)18-5-3-4-17(24)13-18/h2-7,11,13,19,21H,1,8-10,12,14H2,(H,28,31)/t19-,21-/m0/s1. The van der Waals surface area contributed by atoms with Gasteiger partial charge in [-0.25, -0.2) is 0 Å². The largest absolute Gasteiger partial charge is 0.416 e. The number of nitrogens with zero attached hydrogens (tertiary/aromatic N) is 2. The van der Waals surface area contributed by atoms with Crippen LogP contribution < -0.4 is 15.1 Å². The molecule has 4 nitrogen and oxygen atoms in total. The summed E-state index contributed by atoms with van der Waals surface area (Å²) in [5.41, 5.74) is 1.61. The number of nitrogens with one attached hydrogen (secondary N) is 1. The minimum Gasteiger partial charge on any atom is -0.368 e. The average Bonchev–Trinajstić information content (AvgIpc) is 2.75. The third kappa shape index (κ3) is 4.37. The SMILES string of the molecule is C=CCNC(=O)[C@H]1Cc2cc(C(F)(F)F)ccc2N2CCN(c3cccc(Cl)c3)C[C@@H]12. The molecule has 2 atom stereocenters. The molecule has 164 valence electrons. The van der Waals surface area contributed by atoms with Crippen LogP contribution in [0.2, 0.25) is 5.02 Å². The molecule has 2 aromatic rings. The summed E-state index contributed by atoms with van der Waals surface area (Å²) >= 11 is 6.15. The van der Waals surface area contributed by atoms with Gasteiger partial charge in [-0.05, 0) is 48.4 Å². The van der Waals surface area contributed by atoms with Gasteiger partial charge in [0.25, 0.3) is 0 Å². The number of benzene rings is 2. The molecule has 0 aliphatic carbocycles. The zero-order chi connectivity index (χ0) is 22.2. The van der Waals surface area contributed by atoms with Crippen molar-refractivity contribution in [2.45, 2.75) is 18.6 Å². The molecular formula is C23H23ClF3N3O. The topological polar surface area (TPSA) is 35.6 Å². The van der Waals surface area contributed by atoms with Gasteiger partial charge in [0, 0.05) is 42.6 Å². The fourth-order valence-electron chi connectivity index (χ4n) is 4.51. The highest BCUT2D eigenvalue weighted by Gasteiger charge is 2.42. The summed E-state index contributed by atoms with van der Waals surface area (Å²) in [5.74, 6) is -0.649. The molecule has 0 unspecified atom stereocenters. The molecule has 1 amide bonds. The van der Waals surface area contributed by atoms with Crippen LogP contribution in [-0.4, -0.2) is 38.1 Å². The molecule has 1 saturated heterocycles. The normalized spacial score (nSPS) is 20.6. The summed E-state index contributed by atoms with van der Waals surface area (Å²) in [5, 5.41) is 3.46. The highest BCUT2D eigenvalue weighted by atomic mass is 35.5. The van der Waals surface area contributed by atoms with Crippen LogP contribution in [0.25, 0.3) is 0 Å². The van der Waals surface area contributed by atoms with Gasteiger partial charge in [0.2, 0.25) is 5.91 Å². The molecule has 1 N–H and O–H groups in total. The first-order chi connectivity index (χ1) is 14.8. The first-order valence-corrected chi connectivity index (χ1v) is 10.5. The second-order valence-electron chi connectivity index (χ2n) is 7.87. The van der Waals surface area contributed by atoms with E-state index in [-0.39, 0.29) is 18.4 Å². The summed E-state index contributed by atoms with van der Waals surface area (Å²) in [6, 6.07) is 11.2. The van der Waals surface area contributed by atoms with E-state index < -0.39 is 17.7 Å². The number of fused-ring (bicyclic) bond motifs is 3. The predicted octanol–water partition coefficient (Wildman–Crippen LogP) is 4.53. The molecular weight excluding hydrogens is 427 g/mol. The van der Waals surface area contributed by atoms with Crippen molar-refractivity contribution in [2.24, 2.45) is 5.92 Å². The van der Waals surface area contributed by atoms with Gasteiger partial charge < -0.3 is 15.1 Å². The van der Waals surface area contributed by atoms with Crippen LogP contribution in [0.3, 0.4) is 0 Å². The molecule has 0 spiro atoms. The lowest BCUT2D eigenvalue weighted by molar-refractivity contribution is -0.137. The van der Waals surface area contributed by atoms with Crippen LogP contribution in [0.5, 0.6) is 0 Å². The minimum atomic E-state index is -4.42. The lowest BCUT2D eigenvalue weighted by Crippen LogP contribution is -2.61. The van der Waals surface area contributed by atoms with E-state index in [1.165, 1.54) is 12.1 Å². The number of piperazine rings is 1. The fourth-order valence-corrected chi connectivity index (χ4v) is 4.70. The molecule has 4 rings (SSSR count). The van der Waals surface area contributed by atoms with E-state index in [9.17, 15) is 18.0 Å². The Balaban J connectivity index is 1.68. The van der Waals surface area contributed by atoms with E-state index in [2.05, 4.69) is 21.7 Å². The molecule has 0 aromatic heterocycles. The average molecular weight is 450 g/mol. The Kier molecular flexibility index (Phi) is 5.88. The summed E-state index contributed by atoms with van der Waals surface area (Å²) in [6.45, 7) is 5.79. The molecule has 31 heavy (non-hydrogen) atoms. The minimum absolute atomic E-state index is 0.165. The number of rotatable bonds is 4. The number of hydrogen-bond donors (Lipinski definition) is 1. The second kappa shape index (κ2) is 8.46. The predicted molar refractivity (Wildman–Crippen MR) is 117 cm³/mol. The quantitative estimate of drug-likeness (QED) is 0.697. The van der Waals surface area contributed by atoms with Crippen molar-refractivity contribution in [3.63, 3.8) is 0 Å². The molecule has 0 saturated carbocycles. The van der Waals surface area contributed by atoms with Gasteiger partial charge in [0.15, 0.2) is 0 Å². The van der Waals surface area contributed by atoms with Crippen molar-refractivity contribution < 1.29 is 18.0 Å². The van der Waals surface area contributed by atoms with Gasteiger partial charge in [0.1, 0.15) is 0 Å². The van der Waals surface area contributed by atoms with Crippen molar-refractivity contribution >= 4 is 28.9 Å². The Bertz CT molecular complexity index is 994. The number of anilines is 2. The van der Waals surface area contributed by atoms with Crippen LogP contribution in [0.1, 0.15) is 11.1 Å². The van der Waals surface area contributed by atoms with E-state index >= 15 is 0 Å². The maximum atomic E-state index is 13.3. The highest BCUT2D eigenvalue weighted by molar-refractivity contribution is 6.30. The second-order valence-corrected chi connectivity index (χ2v) is 8.31. The number of hydrogen-bond acceptors (Lipinski definition) is 3. The lowest BCUT2D eigenvalue weighted by Gasteiger charge is -2.49. The van der Waals surface area contributed by atoms with E-state index in [0.717, 1.165) is 17.4 Å². The van der Waals surface area contributed by atoms with Crippen LogP contribution in [0.4, 0.5) is 24.5 Å². The van der Waals surface area contributed by atoms with Crippen LogP contribution in [-0.2, 0) is 17.4 Å². The van der Waals surface area contributed by atoms with E-state index in [1.54, 1.807) is 6.08 Å². The third-order valence-electron chi connectivity index (χ3n) is 5.97. The summed E-state index contributed by atoms with van der Waals surface area (Å²) in [7, 11) is 0. The van der Waals surface area contributed by atoms with Crippen molar-refractivity contribution in [2.75, 3.05) is 36.0 Å². The summed E-state index contributed by atoms with van der Waals surface area (Å²) in [4.78, 5) is 17.2.